The number of hydrogen-bond acceptors (Lipinski definition) is 2. The van der Waals surface area contributed by atoms with E-state index in [9.17, 15) is 4.79 Å². The summed E-state index contributed by atoms with van der Waals surface area (Å²) in [6, 6.07) is 9.21. The SMILES string of the molecule is Cc1ccn(-c2cccc(C(=O)N=C(N)N)c2)c1N(C)C. The Morgan fingerprint density at radius 3 is 2.57 bits per heavy atom. The van der Waals surface area contributed by atoms with Gasteiger partial charge in [0.25, 0.3) is 5.91 Å². The Balaban J connectivity index is 2.48. The number of aromatic nitrogens is 1. The van der Waals surface area contributed by atoms with Crippen LogP contribution >= 0.6 is 0 Å². The summed E-state index contributed by atoms with van der Waals surface area (Å²) in [5.41, 5.74) is 13.0. The maximum Gasteiger partial charge on any atom is 0.280 e. The topological polar surface area (TPSA) is 89.6 Å². The molecule has 0 bridgehead atoms. The van der Waals surface area contributed by atoms with E-state index in [-0.39, 0.29) is 5.96 Å². The Hall–Kier alpha value is -2.76. The Labute approximate surface area is 123 Å². The zero-order valence-electron chi connectivity index (χ0n) is 12.4. The summed E-state index contributed by atoms with van der Waals surface area (Å²) in [4.78, 5) is 17.5. The second-order valence-corrected chi connectivity index (χ2v) is 4.98. The molecule has 2 aromatic rings. The van der Waals surface area contributed by atoms with Gasteiger partial charge in [-0.15, -0.1) is 0 Å². The zero-order chi connectivity index (χ0) is 15.6. The molecule has 0 aliphatic carbocycles. The van der Waals surface area contributed by atoms with Crippen LogP contribution in [0.25, 0.3) is 5.69 Å². The highest BCUT2D eigenvalue weighted by Gasteiger charge is 2.11. The minimum Gasteiger partial charge on any atom is -0.370 e. The van der Waals surface area contributed by atoms with Crippen molar-refractivity contribution in [1.82, 2.24) is 4.57 Å². The van der Waals surface area contributed by atoms with Gasteiger partial charge >= 0.3 is 0 Å². The number of hydrogen-bond donors (Lipinski definition) is 2. The maximum atomic E-state index is 11.9. The monoisotopic (exact) mass is 285 g/mol. The van der Waals surface area contributed by atoms with Crippen LogP contribution in [0.3, 0.4) is 0 Å². The Morgan fingerprint density at radius 1 is 1.24 bits per heavy atom. The van der Waals surface area contributed by atoms with Crippen molar-refractivity contribution in [3.63, 3.8) is 0 Å². The lowest BCUT2D eigenvalue weighted by Crippen LogP contribution is -2.24. The first-order valence-electron chi connectivity index (χ1n) is 6.50. The van der Waals surface area contributed by atoms with Gasteiger partial charge in [-0.25, -0.2) is 0 Å². The van der Waals surface area contributed by atoms with Crippen LogP contribution in [-0.4, -0.2) is 30.5 Å². The molecular weight excluding hydrogens is 266 g/mol. The lowest BCUT2D eigenvalue weighted by molar-refractivity contribution is 0.100. The van der Waals surface area contributed by atoms with Crippen LogP contribution in [0.5, 0.6) is 0 Å². The molecule has 1 heterocycles. The van der Waals surface area contributed by atoms with Crippen molar-refractivity contribution in [2.24, 2.45) is 16.5 Å². The van der Waals surface area contributed by atoms with Crippen molar-refractivity contribution in [3.05, 3.63) is 47.7 Å². The van der Waals surface area contributed by atoms with Gasteiger partial charge in [-0.05, 0) is 36.8 Å². The Bertz CT molecular complexity index is 696. The van der Waals surface area contributed by atoms with E-state index in [1.807, 2.05) is 48.8 Å². The minimum absolute atomic E-state index is 0.240. The van der Waals surface area contributed by atoms with E-state index in [1.165, 1.54) is 0 Å². The van der Waals surface area contributed by atoms with E-state index in [4.69, 9.17) is 11.5 Å². The summed E-state index contributed by atoms with van der Waals surface area (Å²) >= 11 is 0. The van der Waals surface area contributed by atoms with Crippen LogP contribution < -0.4 is 16.4 Å². The molecule has 0 saturated heterocycles. The second-order valence-electron chi connectivity index (χ2n) is 4.98. The number of carbonyl (C=O) groups excluding carboxylic acids is 1. The molecule has 0 fully saturated rings. The number of nitrogens with two attached hydrogens (primary N) is 2. The average Bonchev–Trinajstić information content (AvgIpc) is 2.80. The summed E-state index contributed by atoms with van der Waals surface area (Å²) in [5.74, 6) is 0.366. The van der Waals surface area contributed by atoms with E-state index in [2.05, 4.69) is 4.99 Å². The summed E-state index contributed by atoms with van der Waals surface area (Å²) in [5, 5.41) is 0. The van der Waals surface area contributed by atoms with Gasteiger partial charge in [0.05, 0.1) is 0 Å². The molecule has 110 valence electrons. The summed E-state index contributed by atoms with van der Waals surface area (Å²) in [6.07, 6.45) is 1.97. The fourth-order valence-corrected chi connectivity index (χ4v) is 2.27. The van der Waals surface area contributed by atoms with Crippen molar-refractivity contribution < 1.29 is 4.79 Å². The maximum absolute atomic E-state index is 11.9. The van der Waals surface area contributed by atoms with Crippen LogP contribution in [0.15, 0.2) is 41.5 Å². The van der Waals surface area contributed by atoms with Crippen LogP contribution in [0, 0.1) is 6.92 Å². The molecule has 1 aromatic carbocycles. The number of aryl methyl sites for hydroxylation is 1. The molecule has 2 rings (SSSR count). The number of anilines is 1. The molecule has 0 aliphatic heterocycles. The highest BCUT2D eigenvalue weighted by Crippen LogP contribution is 2.24. The number of carbonyl (C=O) groups is 1. The minimum atomic E-state index is -0.452. The van der Waals surface area contributed by atoms with Crippen molar-refractivity contribution in [1.29, 1.82) is 0 Å². The molecule has 4 N–H and O–H groups in total. The Morgan fingerprint density at radius 2 is 1.95 bits per heavy atom. The standard InChI is InChI=1S/C15H19N5O/c1-10-7-8-20(14(10)19(2)3)12-6-4-5-11(9-12)13(21)18-15(16)17/h4-9H,1-3H3,(H4,16,17,18,21). The number of nitrogens with zero attached hydrogens (tertiary/aromatic N) is 3. The predicted molar refractivity (Wildman–Crippen MR) is 85.0 cm³/mol. The highest BCUT2D eigenvalue weighted by molar-refractivity contribution is 6.02. The van der Waals surface area contributed by atoms with Gasteiger partial charge in [-0.3, -0.25) is 4.79 Å². The van der Waals surface area contributed by atoms with E-state index >= 15 is 0 Å². The van der Waals surface area contributed by atoms with Gasteiger partial charge in [-0.1, -0.05) is 6.07 Å². The van der Waals surface area contributed by atoms with Gasteiger partial charge in [0.15, 0.2) is 5.96 Å². The number of guanidine groups is 1. The number of amides is 1. The largest absolute Gasteiger partial charge is 0.370 e. The van der Waals surface area contributed by atoms with Crippen molar-refractivity contribution in [2.75, 3.05) is 19.0 Å². The third kappa shape index (κ3) is 3.05. The van der Waals surface area contributed by atoms with Gasteiger partial charge in [0.1, 0.15) is 5.82 Å². The number of aliphatic imine (C=N–C) groups is 1. The van der Waals surface area contributed by atoms with Crippen molar-refractivity contribution >= 4 is 17.7 Å². The first-order valence-corrected chi connectivity index (χ1v) is 6.50. The third-order valence-electron chi connectivity index (χ3n) is 3.08. The lowest BCUT2D eigenvalue weighted by Gasteiger charge is -2.18. The molecule has 0 spiro atoms. The first-order chi connectivity index (χ1) is 9.90. The molecular formula is C15H19N5O. The molecule has 6 nitrogen and oxygen atoms in total. The van der Waals surface area contributed by atoms with Crippen LogP contribution in [0.2, 0.25) is 0 Å². The molecule has 6 heteroatoms. The van der Waals surface area contributed by atoms with Gasteiger partial charge in [0, 0.05) is 31.5 Å². The molecule has 1 aromatic heterocycles. The summed E-state index contributed by atoms with van der Waals surface area (Å²) in [7, 11) is 3.96. The van der Waals surface area contributed by atoms with E-state index in [0.717, 1.165) is 17.1 Å². The van der Waals surface area contributed by atoms with Crippen molar-refractivity contribution in [3.8, 4) is 5.69 Å². The normalized spacial score (nSPS) is 10.2. The number of rotatable bonds is 3. The molecule has 0 unspecified atom stereocenters. The highest BCUT2D eigenvalue weighted by atomic mass is 16.1. The predicted octanol–water partition coefficient (Wildman–Crippen LogP) is 1.27. The quantitative estimate of drug-likeness (QED) is 0.656. The van der Waals surface area contributed by atoms with Crippen LogP contribution in [0.1, 0.15) is 15.9 Å². The average molecular weight is 285 g/mol. The molecule has 0 radical (unpaired) electrons. The lowest BCUT2D eigenvalue weighted by atomic mass is 10.2. The molecule has 0 saturated carbocycles. The van der Waals surface area contributed by atoms with Crippen molar-refractivity contribution in [2.45, 2.75) is 6.92 Å². The van der Waals surface area contributed by atoms with E-state index in [1.54, 1.807) is 18.2 Å². The second kappa shape index (κ2) is 5.70. The Kier molecular flexibility index (Phi) is 3.98. The molecule has 21 heavy (non-hydrogen) atoms. The zero-order valence-corrected chi connectivity index (χ0v) is 12.4. The fourth-order valence-electron chi connectivity index (χ4n) is 2.27. The van der Waals surface area contributed by atoms with Crippen LogP contribution in [0.4, 0.5) is 5.82 Å². The van der Waals surface area contributed by atoms with Crippen LogP contribution in [-0.2, 0) is 0 Å². The van der Waals surface area contributed by atoms with E-state index in [0.29, 0.717) is 5.56 Å². The third-order valence-corrected chi connectivity index (χ3v) is 3.08. The summed E-state index contributed by atoms with van der Waals surface area (Å²) < 4.78 is 2.02. The fraction of sp³-hybridized carbons (Fsp3) is 0.200. The molecule has 0 atom stereocenters. The smallest absolute Gasteiger partial charge is 0.280 e. The molecule has 1 amide bonds. The van der Waals surface area contributed by atoms with Gasteiger partial charge in [0.2, 0.25) is 0 Å². The number of benzene rings is 1. The first kappa shape index (κ1) is 14.6. The summed E-state index contributed by atoms with van der Waals surface area (Å²) in [6.45, 7) is 2.04. The molecule has 0 aliphatic rings. The van der Waals surface area contributed by atoms with Gasteiger partial charge < -0.3 is 20.9 Å². The van der Waals surface area contributed by atoms with Gasteiger partial charge in [-0.2, -0.15) is 4.99 Å². The van der Waals surface area contributed by atoms with E-state index < -0.39 is 5.91 Å².